The largest absolute Gasteiger partial charge is 0.488 e. The van der Waals surface area contributed by atoms with Crippen LogP contribution in [0.1, 0.15) is 11.1 Å². The molecule has 2 rings (SSSR count). The zero-order chi connectivity index (χ0) is 13.1. The van der Waals surface area contributed by atoms with Gasteiger partial charge >= 0.3 is 0 Å². The molecule has 0 aliphatic heterocycles. The Morgan fingerprint density at radius 3 is 2.72 bits per heavy atom. The van der Waals surface area contributed by atoms with E-state index in [4.69, 9.17) is 10.5 Å². The fourth-order valence-electron chi connectivity index (χ4n) is 1.58. The number of anilines is 1. The molecule has 0 amide bonds. The molecule has 2 N–H and O–H groups in total. The molecule has 0 unspecified atom stereocenters. The molecular weight excluding hydrogens is 297 g/mol. The zero-order valence-electron chi connectivity index (χ0n) is 9.91. The van der Waals surface area contributed by atoms with Crippen LogP contribution in [-0.2, 0) is 6.61 Å². The maximum atomic E-state index is 13.1. The van der Waals surface area contributed by atoms with Crippen LogP contribution in [0.5, 0.6) is 5.75 Å². The predicted octanol–water partition coefficient (Wildman–Crippen LogP) is 4.06. The van der Waals surface area contributed by atoms with Gasteiger partial charge in [-0.15, -0.1) is 0 Å². The number of aryl methyl sites for hydroxylation is 1. The number of nitrogen functional groups attached to an aromatic ring is 1. The van der Waals surface area contributed by atoms with Crippen molar-refractivity contribution in [3.8, 4) is 5.75 Å². The van der Waals surface area contributed by atoms with Gasteiger partial charge in [0.1, 0.15) is 18.2 Å². The Hall–Kier alpha value is -1.55. The molecule has 0 radical (unpaired) electrons. The summed E-state index contributed by atoms with van der Waals surface area (Å²) in [5, 5.41) is 0. The van der Waals surface area contributed by atoms with E-state index in [0.29, 0.717) is 17.0 Å². The van der Waals surface area contributed by atoms with Crippen LogP contribution in [0.25, 0.3) is 0 Å². The van der Waals surface area contributed by atoms with Crippen molar-refractivity contribution >= 4 is 21.6 Å². The van der Waals surface area contributed by atoms with E-state index in [-0.39, 0.29) is 12.4 Å². The molecule has 0 aliphatic carbocycles. The highest BCUT2D eigenvalue weighted by Crippen LogP contribution is 2.27. The van der Waals surface area contributed by atoms with Gasteiger partial charge in [0.05, 0.1) is 4.47 Å². The summed E-state index contributed by atoms with van der Waals surface area (Å²) in [6, 6.07) is 10.0. The summed E-state index contributed by atoms with van der Waals surface area (Å²) in [4.78, 5) is 0. The van der Waals surface area contributed by atoms with E-state index < -0.39 is 0 Å². The molecule has 0 spiro atoms. The molecule has 18 heavy (non-hydrogen) atoms. The van der Waals surface area contributed by atoms with Crippen molar-refractivity contribution in [2.24, 2.45) is 0 Å². The van der Waals surface area contributed by atoms with Crippen LogP contribution in [-0.4, -0.2) is 0 Å². The molecule has 2 aromatic carbocycles. The molecule has 0 fully saturated rings. The number of rotatable bonds is 3. The van der Waals surface area contributed by atoms with Gasteiger partial charge in [-0.3, -0.25) is 0 Å². The predicted molar refractivity (Wildman–Crippen MR) is 74.0 cm³/mol. The highest BCUT2D eigenvalue weighted by molar-refractivity contribution is 9.10. The number of benzene rings is 2. The van der Waals surface area contributed by atoms with E-state index in [9.17, 15) is 4.39 Å². The Balaban J connectivity index is 2.13. The fraction of sp³-hybridized carbons (Fsp3) is 0.143. The number of hydrogen-bond donors (Lipinski definition) is 1. The molecule has 0 heterocycles. The van der Waals surface area contributed by atoms with Gasteiger partial charge in [0.25, 0.3) is 0 Å². The normalized spacial score (nSPS) is 10.4. The minimum atomic E-state index is -0.314. The summed E-state index contributed by atoms with van der Waals surface area (Å²) in [5.74, 6) is 0.398. The lowest BCUT2D eigenvalue weighted by Crippen LogP contribution is -2.01. The maximum Gasteiger partial charge on any atom is 0.134 e. The molecule has 0 aromatic heterocycles. The molecule has 2 aromatic rings. The lowest BCUT2D eigenvalue weighted by Gasteiger charge is -2.10. The van der Waals surface area contributed by atoms with Gasteiger partial charge in [-0.1, -0.05) is 6.07 Å². The van der Waals surface area contributed by atoms with E-state index in [1.54, 1.807) is 0 Å². The Kier molecular flexibility index (Phi) is 3.87. The van der Waals surface area contributed by atoms with Crippen molar-refractivity contribution in [1.29, 1.82) is 0 Å². The van der Waals surface area contributed by atoms with Crippen LogP contribution in [0, 0.1) is 12.7 Å². The van der Waals surface area contributed by atoms with Crippen molar-refractivity contribution < 1.29 is 9.13 Å². The molecule has 0 bridgehead atoms. The third-order valence-electron chi connectivity index (χ3n) is 2.58. The highest BCUT2D eigenvalue weighted by Gasteiger charge is 2.05. The first-order valence-electron chi connectivity index (χ1n) is 5.49. The van der Waals surface area contributed by atoms with Gasteiger partial charge in [0.2, 0.25) is 0 Å². The number of hydrogen-bond acceptors (Lipinski definition) is 2. The van der Waals surface area contributed by atoms with Gasteiger partial charge in [-0.25, -0.2) is 4.39 Å². The summed E-state index contributed by atoms with van der Waals surface area (Å²) < 4.78 is 19.6. The van der Waals surface area contributed by atoms with Crippen LogP contribution >= 0.6 is 15.9 Å². The van der Waals surface area contributed by atoms with Crippen molar-refractivity contribution in [2.75, 3.05) is 5.73 Å². The second kappa shape index (κ2) is 5.40. The van der Waals surface area contributed by atoms with Gasteiger partial charge in [0.15, 0.2) is 0 Å². The average Bonchev–Trinajstić information content (AvgIpc) is 2.32. The summed E-state index contributed by atoms with van der Waals surface area (Å²) in [6.45, 7) is 2.24. The van der Waals surface area contributed by atoms with E-state index in [1.807, 2.05) is 25.1 Å². The van der Waals surface area contributed by atoms with Gasteiger partial charge in [0, 0.05) is 11.3 Å². The van der Waals surface area contributed by atoms with Gasteiger partial charge in [-0.05, 0) is 58.7 Å². The lowest BCUT2D eigenvalue weighted by molar-refractivity contribution is 0.304. The number of halogens is 2. The first-order chi connectivity index (χ1) is 8.56. The fourth-order valence-corrected chi connectivity index (χ4v) is 2.19. The monoisotopic (exact) mass is 309 g/mol. The van der Waals surface area contributed by atoms with E-state index in [1.165, 1.54) is 18.2 Å². The van der Waals surface area contributed by atoms with Crippen LogP contribution < -0.4 is 10.5 Å². The highest BCUT2D eigenvalue weighted by atomic mass is 79.9. The Morgan fingerprint density at radius 1 is 1.22 bits per heavy atom. The van der Waals surface area contributed by atoms with E-state index in [0.717, 1.165) is 10.0 Å². The van der Waals surface area contributed by atoms with Crippen molar-refractivity contribution in [1.82, 2.24) is 0 Å². The second-order valence-electron chi connectivity index (χ2n) is 4.07. The molecule has 0 aliphatic rings. The number of nitrogens with two attached hydrogens (primary N) is 1. The molecule has 2 nitrogen and oxygen atoms in total. The summed E-state index contributed by atoms with van der Waals surface area (Å²) in [5.41, 5.74) is 8.06. The van der Waals surface area contributed by atoms with Gasteiger partial charge < -0.3 is 10.5 Å². The summed E-state index contributed by atoms with van der Waals surface area (Å²) >= 11 is 3.42. The van der Waals surface area contributed by atoms with Crippen molar-refractivity contribution in [3.63, 3.8) is 0 Å². The molecule has 94 valence electrons. The molecular formula is C14H13BrFNO. The molecule has 0 saturated carbocycles. The molecule has 0 atom stereocenters. The Bertz CT molecular complexity index is 572. The average molecular weight is 310 g/mol. The minimum Gasteiger partial charge on any atom is -0.488 e. The van der Waals surface area contributed by atoms with E-state index >= 15 is 0 Å². The Morgan fingerprint density at radius 2 is 2.00 bits per heavy atom. The standard InChI is InChI=1S/C14H13BrFNO/c1-9-2-5-14(12(15)6-9)18-8-10-7-11(16)3-4-13(10)17/h2-7H,8,17H2,1H3. The van der Waals surface area contributed by atoms with Crippen LogP contribution in [0.3, 0.4) is 0 Å². The molecule has 0 saturated heterocycles. The Labute approximate surface area is 114 Å². The van der Waals surface area contributed by atoms with Gasteiger partial charge in [-0.2, -0.15) is 0 Å². The smallest absolute Gasteiger partial charge is 0.134 e. The van der Waals surface area contributed by atoms with E-state index in [2.05, 4.69) is 15.9 Å². The van der Waals surface area contributed by atoms with Crippen LogP contribution in [0.2, 0.25) is 0 Å². The maximum absolute atomic E-state index is 13.1. The first kappa shape index (κ1) is 12.9. The minimum absolute atomic E-state index is 0.241. The summed E-state index contributed by atoms with van der Waals surface area (Å²) in [7, 11) is 0. The number of ether oxygens (including phenoxy) is 1. The van der Waals surface area contributed by atoms with Crippen molar-refractivity contribution in [2.45, 2.75) is 13.5 Å². The SMILES string of the molecule is Cc1ccc(OCc2cc(F)ccc2N)c(Br)c1. The lowest BCUT2D eigenvalue weighted by atomic mass is 10.2. The van der Waals surface area contributed by atoms with Crippen molar-refractivity contribution in [3.05, 3.63) is 57.8 Å². The van der Waals surface area contributed by atoms with Crippen LogP contribution in [0.15, 0.2) is 40.9 Å². The topological polar surface area (TPSA) is 35.2 Å². The third-order valence-corrected chi connectivity index (χ3v) is 3.20. The first-order valence-corrected chi connectivity index (χ1v) is 6.28. The molecule has 4 heteroatoms. The zero-order valence-corrected chi connectivity index (χ0v) is 11.5. The van der Waals surface area contributed by atoms with Crippen LogP contribution in [0.4, 0.5) is 10.1 Å². The third kappa shape index (κ3) is 3.01. The second-order valence-corrected chi connectivity index (χ2v) is 4.92. The quantitative estimate of drug-likeness (QED) is 0.868. The summed E-state index contributed by atoms with van der Waals surface area (Å²) in [6.07, 6.45) is 0.